The summed E-state index contributed by atoms with van der Waals surface area (Å²) in [6, 6.07) is 3.15. The van der Waals surface area contributed by atoms with Gasteiger partial charge in [-0.1, -0.05) is 41.0 Å². The molecule has 0 aliphatic rings. The van der Waals surface area contributed by atoms with Gasteiger partial charge in [-0.3, -0.25) is 4.79 Å². The highest BCUT2D eigenvalue weighted by atomic mass is 28.4. The first-order valence-electron chi connectivity index (χ1n) is 8.51. The van der Waals surface area contributed by atoms with Gasteiger partial charge in [0.15, 0.2) is 0 Å². The molecule has 0 rings (SSSR count). The van der Waals surface area contributed by atoms with Crippen LogP contribution in [0.25, 0.3) is 0 Å². The molecule has 0 atom stereocenters. The second kappa shape index (κ2) is 11.3. The molecule has 0 N–H and O–H groups in total. The van der Waals surface area contributed by atoms with E-state index in [0.29, 0.717) is 6.42 Å². The van der Waals surface area contributed by atoms with Crippen LogP contribution in [0.5, 0.6) is 0 Å². The molecule has 0 saturated carbocycles. The number of hydrogen-bond donors (Lipinski definition) is 0. The lowest BCUT2D eigenvalue weighted by atomic mass is 10.2. The van der Waals surface area contributed by atoms with Crippen LogP contribution in [0.15, 0.2) is 0 Å². The Morgan fingerprint density at radius 1 is 0.900 bits per heavy atom. The molecule has 0 aromatic heterocycles. The number of unbranched alkanes of at least 4 members (excludes halogenated alkanes) is 2. The molecule has 0 heterocycles. The van der Waals surface area contributed by atoms with Crippen LogP contribution in [0.3, 0.4) is 0 Å². The van der Waals surface area contributed by atoms with Gasteiger partial charge in [0.25, 0.3) is 14.3 Å². The zero-order chi connectivity index (χ0) is 15.4. The Hall–Kier alpha value is -0.353. The molecule has 4 heteroatoms. The molecule has 0 aliphatic heterocycles. The molecule has 0 aliphatic carbocycles. The van der Waals surface area contributed by atoms with Gasteiger partial charge in [-0.05, 0) is 50.6 Å². The summed E-state index contributed by atoms with van der Waals surface area (Å²) in [5.41, 5.74) is 0. The van der Waals surface area contributed by atoms with Crippen LogP contribution in [-0.4, -0.2) is 38.8 Å². The predicted octanol–water partition coefficient (Wildman–Crippen LogP) is 4.44. The molecule has 0 fully saturated rings. The maximum atomic E-state index is 11.9. The van der Waals surface area contributed by atoms with Crippen LogP contribution in [-0.2, 0) is 9.22 Å². The second-order valence-corrected chi connectivity index (χ2v) is 10.2. The number of nitrogens with zero attached hydrogens (tertiary/aromatic N) is 1. The van der Waals surface area contributed by atoms with E-state index in [1.807, 2.05) is 0 Å². The van der Waals surface area contributed by atoms with E-state index >= 15 is 0 Å². The Kier molecular flexibility index (Phi) is 11.1. The Bertz CT molecular complexity index is 243. The summed E-state index contributed by atoms with van der Waals surface area (Å²) in [5, 5.41) is 0. The third kappa shape index (κ3) is 7.43. The number of hydrogen-bond acceptors (Lipinski definition) is 3. The van der Waals surface area contributed by atoms with Gasteiger partial charge in [0.05, 0.1) is 0 Å². The molecule has 0 aromatic rings. The lowest BCUT2D eigenvalue weighted by molar-refractivity contribution is -0.135. The average Bonchev–Trinajstić information content (AvgIpc) is 2.48. The molecule has 120 valence electrons. The van der Waals surface area contributed by atoms with E-state index in [1.165, 1.54) is 6.42 Å². The SMILES string of the molecule is CCN(CC)CCCCCC(=O)O[Si](CC)(CC)CC. The van der Waals surface area contributed by atoms with Crippen molar-refractivity contribution in [2.45, 2.75) is 78.4 Å². The smallest absolute Gasteiger partial charge is 0.292 e. The van der Waals surface area contributed by atoms with Crippen molar-refractivity contribution < 1.29 is 9.22 Å². The number of carbonyl (C=O) groups is 1. The van der Waals surface area contributed by atoms with E-state index < -0.39 is 8.32 Å². The van der Waals surface area contributed by atoms with Crippen molar-refractivity contribution >= 4 is 14.3 Å². The van der Waals surface area contributed by atoms with Crippen LogP contribution in [0.2, 0.25) is 18.1 Å². The zero-order valence-corrected chi connectivity index (χ0v) is 15.3. The fourth-order valence-electron chi connectivity index (χ4n) is 2.58. The van der Waals surface area contributed by atoms with Crippen molar-refractivity contribution in [2.75, 3.05) is 19.6 Å². The average molecular weight is 302 g/mol. The van der Waals surface area contributed by atoms with Gasteiger partial charge in [0.2, 0.25) is 0 Å². The first kappa shape index (κ1) is 19.6. The van der Waals surface area contributed by atoms with Gasteiger partial charge in [-0.25, -0.2) is 0 Å². The van der Waals surface area contributed by atoms with Crippen molar-refractivity contribution in [3.8, 4) is 0 Å². The van der Waals surface area contributed by atoms with Gasteiger partial charge < -0.3 is 9.33 Å². The Morgan fingerprint density at radius 3 is 1.90 bits per heavy atom. The molecule has 0 bridgehead atoms. The molecular weight excluding hydrogens is 266 g/mol. The summed E-state index contributed by atoms with van der Waals surface area (Å²) in [7, 11) is -1.74. The second-order valence-electron chi connectivity index (χ2n) is 5.56. The summed E-state index contributed by atoms with van der Waals surface area (Å²) < 4.78 is 5.85. The van der Waals surface area contributed by atoms with Gasteiger partial charge in [0, 0.05) is 6.42 Å². The van der Waals surface area contributed by atoms with Crippen molar-refractivity contribution in [2.24, 2.45) is 0 Å². The van der Waals surface area contributed by atoms with Crippen LogP contribution in [0.4, 0.5) is 0 Å². The van der Waals surface area contributed by atoms with Crippen LogP contribution in [0.1, 0.15) is 60.3 Å². The highest BCUT2D eigenvalue weighted by molar-refractivity contribution is 6.74. The minimum Gasteiger partial charge on any atom is -0.519 e. The lowest BCUT2D eigenvalue weighted by Gasteiger charge is -2.27. The number of rotatable bonds is 12. The lowest BCUT2D eigenvalue weighted by Crippen LogP contribution is -2.38. The van der Waals surface area contributed by atoms with Crippen molar-refractivity contribution in [3.63, 3.8) is 0 Å². The van der Waals surface area contributed by atoms with Crippen molar-refractivity contribution in [1.29, 1.82) is 0 Å². The highest BCUT2D eigenvalue weighted by Gasteiger charge is 2.32. The molecule has 20 heavy (non-hydrogen) atoms. The minimum atomic E-state index is -1.74. The summed E-state index contributed by atoms with van der Waals surface area (Å²) in [5.74, 6) is 0.0463. The molecule has 0 saturated heterocycles. The topological polar surface area (TPSA) is 29.5 Å². The normalized spacial score (nSPS) is 11.9. The number of carbonyl (C=O) groups excluding carboxylic acids is 1. The summed E-state index contributed by atoms with van der Waals surface area (Å²) in [6.07, 6.45) is 3.89. The maximum absolute atomic E-state index is 11.9. The van der Waals surface area contributed by atoms with E-state index in [0.717, 1.165) is 50.6 Å². The first-order chi connectivity index (χ1) is 9.57. The molecule has 0 spiro atoms. The van der Waals surface area contributed by atoms with Crippen LogP contribution in [0, 0.1) is 0 Å². The predicted molar refractivity (Wildman–Crippen MR) is 89.5 cm³/mol. The standard InChI is InChI=1S/C16H35NO2Si/c1-6-17(7-2)15-13-11-12-14-16(18)19-20(8-3,9-4)10-5/h6-15H2,1-5H3. The van der Waals surface area contributed by atoms with E-state index in [-0.39, 0.29) is 5.97 Å². The van der Waals surface area contributed by atoms with E-state index in [1.54, 1.807) is 0 Å². The van der Waals surface area contributed by atoms with Gasteiger partial charge >= 0.3 is 0 Å². The quantitative estimate of drug-likeness (QED) is 0.394. The Morgan fingerprint density at radius 2 is 1.45 bits per heavy atom. The Balaban J connectivity index is 3.83. The molecule has 0 radical (unpaired) electrons. The monoisotopic (exact) mass is 301 g/mol. The fraction of sp³-hybridized carbons (Fsp3) is 0.938. The van der Waals surface area contributed by atoms with Gasteiger partial charge in [0.1, 0.15) is 0 Å². The maximum Gasteiger partial charge on any atom is 0.292 e. The highest BCUT2D eigenvalue weighted by Crippen LogP contribution is 2.22. The third-order valence-corrected chi connectivity index (χ3v) is 9.04. The van der Waals surface area contributed by atoms with Crippen molar-refractivity contribution in [3.05, 3.63) is 0 Å². The van der Waals surface area contributed by atoms with Gasteiger partial charge in [-0.2, -0.15) is 0 Å². The molecule has 0 unspecified atom stereocenters. The molecular formula is C16H35NO2Si. The summed E-state index contributed by atoms with van der Waals surface area (Å²) >= 11 is 0. The van der Waals surface area contributed by atoms with E-state index in [2.05, 4.69) is 39.5 Å². The van der Waals surface area contributed by atoms with Crippen molar-refractivity contribution in [1.82, 2.24) is 4.90 Å². The molecule has 0 amide bonds. The summed E-state index contributed by atoms with van der Waals surface area (Å²) in [6.45, 7) is 14.3. The molecule has 3 nitrogen and oxygen atoms in total. The Labute approximate surface area is 127 Å². The molecule has 0 aromatic carbocycles. The first-order valence-corrected chi connectivity index (χ1v) is 11.0. The third-order valence-electron chi connectivity index (χ3n) is 4.51. The minimum absolute atomic E-state index is 0.0463. The summed E-state index contributed by atoms with van der Waals surface area (Å²) in [4.78, 5) is 14.4. The zero-order valence-electron chi connectivity index (χ0n) is 14.3. The van der Waals surface area contributed by atoms with E-state index in [9.17, 15) is 4.79 Å². The van der Waals surface area contributed by atoms with Crippen LogP contribution < -0.4 is 0 Å². The van der Waals surface area contributed by atoms with Gasteiger partial charge in [-0.15, -0.1) is 0 Å². The largest absolute Gasteiger partial charge is 0.519 e. The fourth-order valence-corrected chi connectivity index (χ4v) is 5.10. The van der Waals surface area contributed by atoms with Crippen LogP contribution >= 0.6 is 0 Å². The van der Waals surface area contributed by atoms with E-state index in [4.69, 9.17) is 4.43 Å².